The smallest absolute Gasteiger partial charge is 0.146 e. The van der Waals surface area contributed by atoms with Crippen LogP contribution < -0.4 is 10.7 Å². The van der Waals surface area contributed by atoms with Crippen molar-refractivity contribution in [3.8, 4) is 0 Å². The van der Waals surface area contributed by atoms with Crippen LogP contribution in [0.5, 0.6) is 0 Å². The van der Waals surface area contributed by atoms with Crippen LogP contribution in [-0.4, -0.2) is 17.2 Å². The van der Waals surface area contributed by atoms with E-state index >= 15 is 0 Å². The molecule has 1 aromatic heterocycles. The van der Waals surface area contributed by atoms with Crippen LogP contribution in [-0.2, 0) is 6.42 Å². The van der Waals surface area contributed by atoms with E-state index < -0.39 is 0 Å². The first-order chi connectivity index (χ1) is 11.4. The van der Waals surface area contributed by atoms with Gasteiger partial charge in [-0.25, -0.2) is 4.98 Å². The highest BCUT2D eigenvalue weighted by Crippen LogP contribution is 2.44. The van der Waals surface area contributed by atoms with E-state index in [1.54, 1.807) is 6.20 Å². The van der Waals surface area contributed by atoms with Gasteiger partial charge < -0.3 is 5.32 Å². The lowest BCUT2D eigenvalue weighted by atomic mass is 9.76. The zero-order valence-corrected chi connectivity index (χ0v) is 13.3. The predicted octanol–water partition coefficient (Wildman–Crippen LogP) is 4.08. The first kappa shape index (κ1) is 14.2. The van der Waals surface area contributed by atoms with Crippen molar-refractivity contribution >= 4 is 17.2 Å². The number of fused-ring (bicyclic) bond motifs is 1. The van der Waals surface area contributed by atoms with Crippen molar-refractivity contribution in [2.45, 2.75) is 32.1 Å². The fourth-order valence-electron chi connectivity index (χ4n) is 3.93. The molecule has 1 fully saturated rings. The average Bonchev–Trinajstić information content (AvgIpc) is 2.87. The summed E-state index contributed by atoms with van der Waals surface area (Å²) in [5.74, 6) is 0.814. The van der Waals surface area contributed by atoms with Gasteiger partial charge in [0.2, 0.25) is 0 Å². The second-order valence-corrected chi connectivity index (χ2v) is 6.53. The normalized spacial score (nSPS) is 25.0. The van der Waals surface area contributed by atoms with Crippen molar-refractivity contribution in [1.29, 1.82) is 0 Å². The van der Waals surface area contributed by atoms with E-state index in [-0.39, 0.29) is 5.41 Å². The summed E-state index contributed by atoms with van der Waals surface area (Å²) in [7, 11) is 0. The number of benzene rings is 1. The third kappa shape index (κ3) is 2.81. The molecule has 1 spiro atoms. The van der Waals surface area contributed by atoms with Crippen LogP contribution in [0.1, 0.15) is 31.2 Å². The molecule has 118 valence electrons. The van der Waals surface area contributed by atoms with Crippen LogP contribution in [0.15, 0.2) is 53.8 Å². The van der Waals surface area contributed by atoms with Gasteiger partial charge in [-0.2, -0.15) is 5.10 Å². The molecule has 1 aliphatic heterocycles. The van der Waals surface area contributed by atoms with E-state index in [4.69, 9.17) is 5.10 Å². The lowest BCUT2D eigenvalue weighted by molar-refractivity contribution is 0.393. The third-order valence-electron chi connectivity index (χ3n) is 5.12. The summed E-state index contributed by atoms with van der Waals surface area (Å²) in [5.41, 5.74) is 7.36. The molecule has 4 heteroatoms. The maximum atomic E-state index is 4.76. The monoisotopic (exact) mass is 306 g/mol. The van der Waals surface area contributed by atoms with Gasteiger partial charge in [-0.3, -0.25) is 5.43 Å². The predicted molar refractivity (Wildman–Crippen MR) is 94.8 cm³/mol. The quantitative estimate of drug-likeness (QED) is 0.822. The highest BCUT2D eigenvalue weighted by atomic mass is 15.3. The van der Waals surface area contributed by atoms with Gasteiger partial charge in [0.1, 0.15) is 5.82 Å². The molecule has 2 aliphatic rings. The van der Waals surface area contributed by atoms with E-state index in [0.717, 1.165) is 31.6 Å². The molecule has 4 rings (SSSR count). The van der Waals surface area contributed by atoms with Crippen molar-refractivity contribution in [2.75, 3.05) is 17.3 Å². The highest BCUT2D eigenvalue weighted by Gasteiger charge is 2.41. The van der Waals surface area contributed by atoms with E-state index in [1.165, 1.54) is 29.8 Å². The van der Waals surface area contributed by atoms with Crippen LogP contribution in [0.3, 0.4) is 0 Å². The lowest BCUT2D eigenvalue weighted by Crippen LogP contribution is -2.30. The van der Waals surface area contributed by atoms with Crippen molar-refractivity contribution in [3.05, 3.63) is 54.2 Å². The molecular formula is C19H22N4. The Hall–Kier alpha value is -2.36. The van der Waals surface area contributed by atoms with Crippen molar-refractivity contribution in [1.82, 2.24) is 4.98 Å². The maximum Gasteiger partial charge on any atom is 0.146 e. The number of hydrazone groups is 1. The van der Waals surface area contributed by atoms with Crippen LogP contribution in [0, 0.1) is 5.41 Å². The summed E-state index contributed by atoms with van der Waals surface area (Å²) in [6.45, 7) is 1.01. The van der Waals surface area contributed by atoms with Gasteiger partial charge in [-0.15, -0.1) is 0 Å². The average molecular weight is 306 g/mol. The number of rotatable bonds is 2. The second-order valence-electron chi connectivity index (χ2n) is 6.53. The molecule has 1 aromatic carbocycles. The summed E-state index contributed by atoms with van der Waals surface area (Å²) in [5, 5.41) is 8.34. The minimum Gasteiger partial charge on any atom is -0.385 e. The van der Waals surface area contributed by atoms with E-state index in [9.17, 15) is 0 Å². The number of hydrogen-bond acceptors (Lipinski definition) is 4. The minimum atomic E-state index is 0.196. The van der Waals surface area contributed by atoms with Gasteiger partial charge in [0.05, 0.1) is 0 Å². The first-order valence-corrected chi connectivity index (χ1v) is 8.42. The summed E-state index contributed by atoms with van der Waals surface area (Å²) in [4.78, 5) is 4.30. The van der Waals surface area contributed by atoms with Crippen molar-refractivity contribution in [3.63, 3.8) is 0 Å². The molecule has 1 aliphatic carbocycles. The Bertz CT molecular complexity index is 710. The van der Waals surface area contributed by atoms with Gasteiger partial charge >= 0.3 is 0 Å². The van der Waals surface area contributed by atoms with Gasteiger partial charge in [0.25, 0.3) is 0 Å². The molecule has 0 saturated heterocycles. The molecule has 2 aromatic rings. The van der Waals surface area contributed by atoms with Gasteiger partial charge in [-0.05, 0) is 55.9 Å². The molecule has 1 unspecified atom stereocenters. The fraction of sp³-hybridized carbons (Fsp3) is 0.368. The molecule has 0 amide bonds. The molecule has 2 N–H and O–H groups in total. The van der Waals surface area contributed by atoms with E-state index in [2.05, 4.69) is 40.0 Å². The number of nitrogens with zero attached hydrogens (tertiary/aromatic N) is 2. The number of hydrogen-bond donors (Lipinski definition) is 2. The number of para-hydroxylation sites is 1. The second kappa shape index (κ2) is 6.03. The van der Waals surface area contributed by atoms with E-state index in [0.29, 0.717) is 0 Å². The number of anilines is 2. The topological polar surface area (TPSA) is 49.3 Å². The molecule has 1 saturated carbocycles. The first-order valence-electron chi connectivity index (χ1n) is 8.42. The van der Waals surface area contributed by atoms with Crippen LogP contribution in [0.4, 0.5) is 11.5 Å². The van der Waals surface area contributed by atoms with Crippen LogP contribution in [0.25, 0.3) is 0 Å². The van der Waals surface area contributed by atoms with Crippen LogP contribution in [0.2, 0.25) is 0 Å². The fourth-order valence-corrected chi connectivity index (χ4v) is 3.93. The molecule has 23 heavy (non-hydrogen) atoms. The zero-order valence-electron chi connectivity index (χ0n) is 13.3. The molecule has 0 bridgehead atoms. The summed E-state index contributed by atoms with van der Waals surface area (Å²) in [6, 6.07) is 14.5. The van der Waals surface area contributed by atoms with Gasteiger partial charge in [0, 0.05) is 29.6 Å². The highest BCUT2D eigenvalue weighted by molar-refractivity contribution is 5.93. The van der Waals surface area contributed by atoms with Crippen LogP contribution >= 0.6 is 0 Å². The molecule has 1 atom stereocenters. The Morgan fingerprint density at radius 3 is 2.91 bits per heavy atom. The molecule has 0 radical (unpaired) electrons. The Kier molecular flexibility index (Phi) is 3.74. The lowest BCUT2D eigenvalue weighted by Gasteiger charge is -2.28. The minimum absolute atomic E-state index is 0.196. The number of pyridine rings is 1. The molecular weight excluding hydrogens is 284 g/mol. The Morgan fingerprint density at radius 1 is 1.09 bits per heavy atom. The van der Waals surface area contributed by atoms with Gasteiger partial charge in [0.15, 0.2) is 0 Å². The summed E-state index contributed by atoms with van der Waals surface area (Å²) in [6.07, 6.45) is 7.56. The number of aromatic nitrogens is 1. The Labute approximate surface area is 137 Å². The summed E-state index contributed by atoms with van der Waals surface area (Å²) >= 11 is 0. The largest absolute Gasteiger partial charge is 0.385 e. The van der Waals surface area contributed by atoms with Gasteiger partial charge in [-0.1, -0.05) is 24.3 Å². The Balaban J connectivity index is 1.61. The van der Waals surface area contributed by atoms with Crippen molar-refractivity contribution in [2.24, 2.45) is 10.5 Å². The van der Waals surface area contributed by atoms with Crippen molar-refractivity contribution < 1.29 is 0 Å². The molecule has 4 nitrogen and oxygen atoms in total. The van der Waals surface area contributed by atoms with E-state index in [1.807, 2.05) is 18.2 Å². The maximum absolute atomic E-state index is 4.76. The molecule has 2 heterocycles. The SMILES string of the molecule is c1ccc(NN=C2CCCC23CCNc2ccccc2C3)nc1. The summed E-state index contributed by atoms with van der Waals surface area (Å²) < 4.78 is 0. The Morgan fingerprint density at radius 2 is 2.00 bits per heavy atom. The standard InChI is InChI=1S/C19H22N4/c1-2-7-16-15(6-1)14-19(11-13-20-16)10-5-8-17(19)22-23-18-9-3-4-12-21-18/h1-4,6-7,9,12,20H,5,8,10-11,13-14H2,(H,21,23). The number of nitrogens with one attached hydrogen (secondary N) is 2. The third-order valence-corrected chi connectivity index (χ3v) is 5.12. The zero-order chi connectivity index (χ0) is 15.5.